The molecule has 0 atom stereocenters. The predicted octanol–water partition coefficient (Wildman–Crippen LogP) is 3.00. The number of nitro groups is 1. The van der Waals surface area contributed by atoms with Gasteiger partial charge in [-0.2, -0.15) is 4.99 Å². The number of nitrogens with zero attached hydrogens (tertiary/aromatic N) is 5. The van der Waals surface area contributed by atoms with Crippen LogP contribution in [0.15, 0.2) is 65.1 Å². The molecule has 9 heteroatoms. The number of benzene rings is 2. The van der Waals surface area contributed by atoms with Crippen LogP contribution >= 0.6 is 11.3 Å². The summed E-state index contributed by atoms with van der Waals surface area (Å²) in [5, 5.41) is 13.6. The molecule has 2 aromatic carbocycles. The van der Waals surface area contributed by atoms with Crippen LogP contribution in [0.5, 0.6) is 0 Å². The van der Waals surface area contributed by atoms with Crippen LogP contribution in [0.25, 0.3) is 0 Å². The molecule has 4 rings (SSSR count). The van der Waals surface area contributed by atoms with Gasteiger partial charge in [-0.25, -0.2) is 0 Å². The van der Waals surface area contributed by atoms with Gasteiger partial charge in [0.1, 0.15) is 5.69 Å². The number of amides is 1. The molecule has 1 fully saturated rings. The number of rotatable bonds is 5. The van der Waals surface area contributed by atoms with E-state index in [1.165, 1.54) is 17.4 Å². The quantitative estimate of drug-likeness (QED) is 0.453. The summed E-state index contributed by atoms with van der Waals surface area (Å²) in [6, 6.07) is 14.5. The second-order valence-corrected chi connectivity index (χ2v) is 8.34. The third-order valence-electron chi connectivity index (χ3n) is 5.32. The average molecular weight is 438 g/mol. The Morgan fingerprint density at radius 2 is 1.87 bits per heavy atom. The lowest BCUT2D eigenvalue weighted by Gasteiger charge is -2.33. The van der Waals surface area contributed by atoms with Gasteiger partial charge in [0, 0.05) is 55.9 Å². The summed E-state index contributed by atoms with van der Waals surface area (Å²) in [5.41, 5.74) is 1.80. The minimum atomic E-state index is -0.489. The first kappa shape index (κ1) is 21.0. The van der Waals surface area contributed by atoms with E-state index in [0.717, 1.165) is 18.7 Å². The summed E-state index contributed by atoms with van der Waals surface area (Å²) in [5.74, 6) is -0.489. The van der Waals surface area contributed by atoms with Gasteiger partial charge in [0.15, 0.2) is 4.80 Å². The Hall–Kier alpha value is -3.30. The van der Waals surface area contributed by atoms with E-state index in [2.05, 4.69) is 9.89 Å². The largest absolute Gasteiger partial charge is 0.363 e. The van der Waals surface area contributed by atoms with Crippen molar-refractivity contribution in [3.8, 4) is 0 Å². The lowest BCUT2D eigenvalue weighted by Crippen LogP contribution is -2.44. The van der Waals surface area contributed by atoms with Crippen LogP contribution in [-0.2, 0) is 6.54 Å². The maximum Gasteiger partial charge on any atom is 0.293 e. The molecule has 1 amide bonds. The zero-order valence-corrected chi connectivity index (χ0v) is 18.0. The van der Waals surface area contributed by atoms with Gasteiger partial charge in [-0.15, -0.1) is 11.3 Å². The normalized spacial score (nSPS) is 15.3. The van der Waals surface area contributed by atoms with Crippen LogP contribution in [0.2, 0.25) is 0 Å². The summed E-state index contributed by atoms with van der Waals surface area (Å²) in [7, 11) is 2.03. The number of nitro benzene ring substituents is 1. The molecule has 160 valence electrons. The minimum Gasteiger partial charge on any atom is -0.363 e. The number of aromatic nitrogens is 1. The zero-order chi connectivity index (χ0) is 21.8. The smallest absolute Gasteiger partial charge is 0.293 e. The second-order valence-electron chi connectivity index (χ2n) is 7.47. The number of thiazole rings is 1. The van der Waals surface area contributed by atoms with Gasteiger partial charge in [0.25, 0.3) is 11.6 Å². The second kappa shape index (κ2) is 9.23. The van der Waals surface area contributed by atoms with Gasteiger partial charge >= 0.3 is 0 Å². The maximum atomic E-state index is 12.8. The van der Waals surface area contributed by atoms with Gasteiger partial charge in [-0.1, -0.05) is 30.3 Å². The van der Waals surface area contributed by atoms with Crippen molar-refractivity contribution in [2.45, 2.75) is 6.54 Å². The van der Waals surface area contributed by atoms with Crippen molar-refractivity contribution in [3.63, 3.8) is 0 Å². The molecular weight excluding hydrogens is 414 g/mol. The monoisotopic (exact) mass is 437 g/mol. The van der Waals surface area contributed by atoms with Gasteiger partial charge in [0.2, 0.25) is 0 Å². The fourth-order valence-electron chi connectivity index (χ4n) is 3.56. The summed E-state index contributed by atoms with van der Waals surface area (Å²) in [4.78, 5) is 33.1. The van der Waals surface area contributed by atoms with Crippen LogP contribution in [0.1, 0.15) is 15.9 Å². The number of likely N-dealkylation sites (N-methyl/N-ethyl adjacent to an activating group) is 1. The Bertz CT molecular complexity index is 1150. The Balaban J connectivity index is 1.60. The predicted molar refractivity (Wildman–Crippen MR) is 121 cm³/mol. The number of anilines is 1. The lowest BCUT2D eigenvalue weighted by atomic mass is 10.1. The van der Waals surface area contributed by atoms with E-state index in [9.17, 15) is 14.9 Å². The van der Waals surface area contributed by atoms with Crippen LogP contribution in [0, 0.1) is 10.1 Å². The molecule has 0 N–H and O–H groups in total. The van der Waals surface area contributed by atoms with E-state index in [-0.39, 0.29) is 11.3 Å². The molecule has 3 aromatic rings. The summed E-state index contributed by atoms with van der Waals surface area (Å²) in [6.45, 7) is 3.70. The maximum absolute atomic E-state index is 12.8. The third kappa shape index (κ3) is 4.89. The molecule has 2 heterocycles. The fraction of sp³-hybridized carbons (Fsp3) is 0.273. The van der Waals surface area contributed by atoms with Crippen molar-refractivity contribution in [2.75, 3.05) is 38.1 Å². The van der Waals surface area contributed by atoms with Crippen molar-refractivity contribution in [1.82, 2.24) is 9.47 Å². The molecule has 0 radical (unpaired) electrons. The van der Waals surface area contributed by atoms with E-state index in [0.29, 0.717) is 30.1 Å². The van der Waals surface area contributed by atoms with Crippen LogP contribution in [0.3, 0.4) is 0 Å². The molecular formula is C22H23N5O3S. The van der Waals surface area contributed by atoms with Gasteiger partial charge in [-0.05, 0) is 24.7 Å². The highest BCUT2D eigenvalue weighted by atomic mass is 32.1. The SMILES string of the molecule is CN1CCN(c2ccc(C(=O)N=c3sccn3Cc3ccccc3)cc2[N+](=O)[O-])CC1. The van der Waals surface area contributed by atoms with Crippen molar-refractivity contribution in [1.29, 1.82) is 0 Å². The summed E-state index contributed by atoms with van der Waals surface area (Å²) >= 11 is 1.36. The molecule has 1 aliphatic heterocycles. The molecule has 1 aromatic heterocycles. The van der Waals surface area contributed by atoms with E-state index in [1.807, 2.05) is 58.4 Å². The number of piperazine rings is 1. The number of hydrogen-bond acceptors (Lipinski definition) is 6. The van der Waals surface area contributed by atoms with E-state index in [1.54, 1.807) is 12.1 Å². The number of carbonyl (C=O) groups excluding carboxylic acids is 1. The van der Waals surface area contributed by atoms with Crippen LogP contribution < -0.4 is 9.70 Å². The van der Waals surface area contributed by atoms with Crippen molar-refractivity contribution in [3.05, 3.63) is 86.2 Å². The van der Waals surface area contributed by atoms with Gasteiger partial charge in [0.05, 0.1) is 4.92 Å². The average Bonchev–Trinajstić information content (AvgIpc) is 3.21. The fourth-order valence-corrected chi connectivity index (χ4v) is 4.28. The Kier molecular flexibility index (Phi) is 6.24. The molecule has 0 spiro atoms. The number of hydrogen-bond donors (Lipinski definition) is 0. The van der Waals surface area contributed by atoms with E-state index >= 15 is 0 Å². The van der Waals surface area contributed by atoms with Crippen LogP contribution in [0.4, 0.5) is 11.4 Å². The first-order chi connectivity index (χ1) is 15.0. The highest BCUT2D eigenvalue weighted by Gasteiger charge is 2.24. The Morgan fingerprint density at radius 3 is 2.58 bits per heavy atom. The zero-order valence-electron chi connectivity index (χ0n) is 17.2. The first-order valence-corrected chi connectivity index (χ1v) is 10.9. The molecule has 31 heavy (non-hydrogen) atoms. The molecule has 0 bridgehead atoms. The van der Waals surface area contributed by atoms with Crippen molar-refractivity contribution < 1.29 is 9.72 Å². The topological polar surface area (TPSA) is 84.0 Å². The summed E-state index contributed by atoms with van der Waals surface area (Å²) in [6.07, 6.45) is 1.88. The molecule has 0 unspecified atom stereocenters. The summed E-state index contributed by atoms with van der Waals surface area (Å²) < 4.78 is 1.89. The van der Waals surface area contributed by atoms with Gasteiger partial charge < -0.3 is 14.4 Å². The first-order valence-electron chi connectivity index (χ1n) is 10.00. The van der Waals surface area contributed by atoms with E-state index < -0.39 is 10.8 Å². The lowest BCUT2D eigenvalue weighted by molar-refractivity contribution is -0.384. The van der Waals surface area contributed by atoms with Crippen molar-refractivity contribution >= 4 is 28.6 Å². The van der Waals surface area contributed by atoms with Crippen LogP contribution in [-0.4, -0.2) is 53.5 Å². The molecule has 0 saturated carbocycles. The standard InChI is InChI=1S/C22H23N5O3S/c1-24-9-11-25(12-10-24)19-8-7-18(15-20(19)27(29)30)21(28)23-22-26(13-14-31-22)16-17-5-3-2-4-6-17/h2-8,13-15H,9-12,16H2,1H3. The number of carbonyl (C=O) groups is 1. The molecule has 1 saturated heterocycles. The van der Waals surface area contributed by atoms with E-state index in [4.69, 9.17) is 0 Å². The van der Waals surface area contributed by atoms with Crippen molar-refractivity contribution in [2.24, 2.45) is 4.99 Å². The molecule has 0 aliphatic carbocycles. The molecule has 8 nitrogen and oxygen atoms in total. The minimum absolute atomic E-state index is 0.0612. The Morgan fingerprint density at radius 1 is 1.13 bits per heavy atom. The molecule has 1 aliphatic rings. The third-order valence-corrected chi connectivity index (χ3v) is 6.11. The highest BCUT2D eigenvalue weighted by Crippen LogP contribution is 2.30. The highest BCUT2D eigenvalue weighted by molar-refractivity contribution is 7.07. The van der Waals surface area contributed by atoms with Gasteiger partial charge in [-0.3, -0.25) is 14.9 Å². The Labute approximate surface area is 183 Å².